The number of carboxylic acids is 1. The zero-order valence-corrected chi connectivity index (χ0v) is 19.9. The number of carbonyl (C=O) groups is 1. The molecule has 0 fully saturated rings. The highest BCUT2D eigenvalue weighted by molar-refractivity contribution is 5.73. The van der Waals surface area contributed by atoms with E-state index in [1.165, 1.54) is 13.8 Å². The summed E-state index contributed by atoms with van der Waals surface area (Å²) >= 11 is 0. The average molecular weight is 516 g/mol. The largest absolute Gasteiger partial charge is 0.481 e. The number of carboxylic acid groups (broad SMARTS) is 1. The number of aromatic nitrogens is 4. The van der Waals surface area contributed by atoms with Gasteiger partial charge in [0, 0.05) is 23.4 Å². The molecule has 1 aromatic carbocycles. The number of benzene rings is 1. The van der Waals surface area contributed by atoms with Crippen LogP contribution in [0.5, 0.6) is 11.9 Å². The first-order chi connectivity index (χ1) is 16.8. The smallest absolute Gasteiger partial charge is 0.456 e. The van der Waals surface area contributed by atoms with Crippen LogP contribution >= 0.6 is 0 Å². The van der Waals surface area contributed by atoms with Crippen molar-refractivity contribution < 1.29 is 41.3 Å². The maximum Gasteiger partial charge on any atom is 0.456 e. The molecule has 0 unspecified atom stereocenters. The Morgan fingerprint density at radius 2 is 1.50 bits per heavy atom. The third kappa shape index (κ3) is 7.12. The molecule has 2 aromatic heterocycles. The Bertz CT molecular complexity index is 1130. The van der Waals surface area contributed by atoms with E-state index in [1.54, 1.807) is 42.6 Å². The lowest BCUT2D eigenvalue weighted by molar-refractivity contribution is -0.290. The van der Waals surface area contributed by atoms with Gasteiger partial charge in [-0.25, -0.2) is 4.98 Å². The van der Waals surface area contributed by atoms with Crippen LogP contribution in [0.4, 0.5) is 22.0 Å². The molecule has 8 nitrogen and oxygen atoms in total. The monoisotopic (exact) mass is 516 g/mol. The van der Waals surface area contributed by atoms with Crippen LogP contribution in [0.15, 0.2) is 42.6 Å². The van der Waals surface area contributed by atoms with Gasteiger partial charge in [-0.1, -0.05) is 38.1 Å². The third-order valence-electron chi connectivity index (χ3n) is 4.65. The van der Waals surface area contributed by atoms with Crippen molar-refractivity contribution in [2.45, 2.75) is 39.8 Å². The molecular formula is C23H25F5N4O4. The van der Waals surface area contributed by atoms with E-state index in [-0.39, 0.29) is 18.3 Å². The Kier molecular flexibility index (Phi) is 8.94. The predicted molar refractivity (Wildman–Crippen MR) is 120 cm³/mol. The van der Waals surface area contributed by atoms with E-state index in [4.69, 9.17) is 9.84 Å². The summed E-state index contributed by atoms with van der Waals surface area (Å²) in [6.07, 6.45) is -4.20. The fourth-order valence-electron chi connectivity index (χ4n) is 2.45. The molecule has 0 aliphatic heterocycles. The van der Waals surface area contributed by atoms with Gasteiger partial charge in [-0.15, -0.1) is 5.10 Å². The molecule has 0 spiro atoms. The van der Waals surface area contributed by atoms with Gasteiger partial charge in [-0.3, -0.25) is 9.89 Å². The van der Waals surface area contributed by atoms with Crippen molar-refractivity contribution in [3.8, 4) is 34.4 Å². The Hall–Kier alpha value is -3.77. The second kappa shape index (κ2) is 11.3. The summed E-state index contributed by atoms with van der Waals surface area (Å²) in [4.78, 5) is 19.1. The standard InChI is InChI=1S/C21H19F5N4O4.C2H6/c1-19(2,17(31)32)10-33-15-8-7-14(9-27-15)12-3-5-13(6-4-12)16-28-18(30-29-16)34-11-20(22,23)21(24,25)26;1-2/h3-9H,10-11H2,1-2H3,(H,31,32)(H,28,29,30);1-2H3. The molecule has 36 heavy (non-hydrogen) atoms. The summed E-state index contributed by atoms with van der Waals surface area (Å²) in [6.45, 7) is 5.08. The minimum atomic E-state index is -5.74. The van der Waals surface area contributed by atoms with Gasteiger partial charge in [0.25, 0.3) is 0 Å². The SMILES string of the molecule is CC.CC(C)(COc1ccc(-c2ccc(-c3nc(OCC(F)(F)C(F)(F)F)n[nH]3)cc2)cn1)C(=O)O. The minimum Gasteiger partial charge on any atom is -0.481 e. The van der Waals surface area contributed by atoms with Gasteiger partial charge in [0.2, 0.25) is 5.88 Å². The van der Waals surface area contributed by atoms with Gasteiger partial charge in [0.05, 0.1) is 5.41 Å². The van der Waals surface area contributed by atoms with Crippen LogP contribution in [0.2, 0.25) is 0 Å². The van der Waals surface area contributed by atoms with Gasteiger partial charge in [0.15, 0.2) is 12.4 Å². The van der Waals surface area contributed by atoms with E-state index in [1.807, 2.05) is 13.8 Å². The summed E-state index contributed by atoms with van der Waals surface area (Å²) in [6, 6.07) is 9.36. The number of alkyl halides is 5. The van der Waals surface area contributed by atoms with Crippen molar-refractivity contribution in [2.75, 3.05) is 13.2 Å². The third-order valence-corrected chi connectivity index (χ3v) is 4.65. The molecule has 0 aliphatic rings. The molecule has 196 valence electrons. The lowest BCUT2D eigenvalue weighted by atomic mass is 9.95. The van der Waals surface area contributed by atoms with Crippen molar-refractivity contribution in [2.24, 2.45) is 5.41 Å². The van der Waals surface area contributed by atoms with E-state index in [2.05, 4.69) is 24.9 Å². The normalized spacial score (nSPS) is 11.9. The molecule has 0 bridgehead atoms. The fraction of sp³-hybridized carbons (Fsp3) is 0.391. The molecule has 0 atom stereocenters. The van der Waals surface area contributed by atoms with Crippen molar-refractivity contribution in [3.05, 3.63) is 42.6 Å². The first-order valence-electron chi connectivity index (χ1n) is 10.7. The van der Waals surface area contributed by atoms with Crippen molar-refractivity contribution in [1.82, 2.24) is 20.2 Å². The zero-order chi connectivity index (χ0) is 27.1. The van der Waals surface area contributed by atoms with Gasteiger partial charge in [0.1, 0.15) is 6.61 Å². The molecule has 0 saturated heterocycles. The molecule has 2 N–H and O–H groups in total. The Morgan fingerprint density at radius 3 is 2.03 bits per heavy atom. The number of nitrogens with one attached hydrogen (secondary N) is 1. The molecule has 2 heterocycles. The summed E-state index contributed by atoms with van der Waals surface area (Å²) < 4.78 is 72.3. The molecule has 0 radical (unpaired) electrons. The number of aromatic amines is 1. The number of hydrogen-bond acceptors (Lipinski definition) is 6. The molecule has 0 aliphatic carbocycles. The summed E-state index contributed by atoms with van der Waals surface area (Å²) in [5.74, 6) is -5.65. The molecule has 13 heteroatoms. The average Bonchev–Trinajstić information content (AvgIpc) is 3.32. The number of halogens is 5. The number of nitrogens with zero attached hydrogens (tertiary/aromatic N) is 3. The van der Waals surface area contributed by atoms with Crippen molar-refractivity contribution >= 4 is 5.97 Å². The first kappa shape index (κ1) is 28.5. The molecule has 3 aromatic rings. The number of H-pyrrole nitrogens is 1. The highest BCUT2D eigenvalue weighted by Gasteiger charge is 2.58. The fourth-order valence-corrected chi connectivity index (χ4v) is 2.45. The first-order valence-corrected chi connectivity index (χ1v) is 10.7. The van der Waals surface area contributed by atoms with Crippen LogP contribution in [0.3, 0.4) is 0 Å². The lowest BCUT2D eigenvalue weighted by Crippen LogP contribution is -2.41. The number of hydrogen-bond donors (Lipinski definition) is 2. The molecule has 3 rings (SSSR count). The van der Waals surface area contributed by atoms with Crippen LogP contribution in [0, 0.1) is 5.41 Å². The maximum atomic E-state index is 13.0. The maximum absolute atomic E-state index is 13.0. The minimum absolute atomic E-state index is 0.0554. The quantitative estimate of drug-likeness (QED) is 0.355. The topological polar surface area (TPSA) is 110 Å². The Morgan fingerprint density at radius 1 is 0.917 bits per heavy atom. The number of ether oxygens (including phenoxy) is 2. The Balaban J connectivity index is 0.00000222. The molecule has 0 amide bonds. The van der Waals surface area contributed by atoms with E-state index in [0.29, 0.717) is 5.56 Å². The zero-order valence-electron chi connectivity index (χ0n) is 19.9. The molecule has 0 saturated carbocycles. The van der Waals surface area contributed by atoms with Gasteiger partial charge in [-0.2, -0.15) is 26.9 Å². The molecular weight excluding hydrogens is 491 g/mol. The van der Waals surface area contributed by atoms with Crippen LogP contribution < -0.4 is 9.47 Å². The lowest BCUT2D eigenvalue weighted by Gasteiger charge is -2.18. The second-order valence-electron chi connectivity index (χ2n) is 7.90. The summed E-state index contributed by atoms with van der Waals surface area (Å²) in [5.41, 5.74) is 0.903. The van der Waals surface area contributed by atoms with Crippen molar-refractivity contribution in [1.29, 1.82) is 0 Å². The van der Waals surface area contributed by atoms with E-state index in [9.17, 15) is 26.7 Å². The van der Waals surface area contributed by atoms with Crippen LogP contribution in [0.25, 0.3) is 22.5 Å². The van der Waals surface area contributed by atoms with E-state index >= 15 is 0 Å². The second-order valence-corrected chi connectivity index (χ2v) is 7.90. The van der Waals surface area contributed by atoms with E-state index in [0.717, 1.165) is 11.1 Å². The van der Waals surface area contributed by atoms with E-state index < -0.39 is 36.1 Å². The number of rotatable bonds is 9. The van der Waals surface area contributed by atoms with Crippen LogP contribution in [-0.4, -0.2) is 56.6 Å². The summed E-state index contributed by atoms with van der Waals surface area (Å²) in [7, 11) is 0. The Labute approximate surface area is 203 Å². The highest BCUT2D eigenvalue weighted by Crippen LogP contribution is 2.35. The predicted octanol–water partition coefficient (Wildman–Crippen LogP) is 5.63. The number of aliphatic carboxylic acids is 1. The van der Waals surface area contributed by atoms with Gasteiger partial charge in [-0.05, 0) is 25.5 Å². The highest BCUT2D eigenvalue weighted by atomic mass is 19.4. The summed E-state index contributed by atoms with van der Waals surface area (Å²) in [5, 5.41) is 15.0. The van der Waals surface area contributed by atoms with Gasteiger partial charge >= 0.3 is 24.1 Å². The van der Waals surface area contributed by atoms with Gasteiger partial charge < -0.3 is 14.6 Å². The van der Waals surface area contributed by atoms with Crippen molar-refractivity contribution in [3.63, 3.8) is 0 Å². The number of pyridine rings is 1. The van der Waals surface area contributed by atoms with Crippen LogP contribution in [-0.2, 0) is 4.79 Å². The van der Waals surface area contributed by atoms with Crippen LogP contribution in [0.1, 0.15) is 27.7 Å².